The second-order valence-electron chi connectivity index (χ2n) is 4.11. The summed E-state index contributed by atoms with van der Waals surface area (Å²) in [7, 11) is 0. The summed E-state index contributed by atoms with van der Waals surface area (Å²) in [6, 6.07) is 2.95. The molecule has 0 atom stereocenters. The van der Waals surface area contributed by atoms with Gasteiger partial charge in [-0.05, 0) is 5.41 Å². The fourth-order valence-corrected chi connectivity index (χ4v) is 0.703. The summed E-state index contributed by atoms with van der Waals surface area (Å²) in [6.45, 7) is 6.78. The molecule has 1 rings (SSSR count). The highest BCUT2D eigenvalue weighted by Gasteiger charge is 2.11. The van der Waals surface area contributed by atoms with E-state index in [1.54, 1.807) is 6.07 Å². The van der Waals surface area contributed by atoms with Gasteiger partial charge < -0.3 is 4.74 Å². The Morgan fingerprint density at radius 2 is 2.15 bits per heavy atom. The monoisotopic (exact) mass is 182 g/mol. The van der Waals surface area contributed by atoms with E-state index >= 15 is 0 Å². The minimum Gasteiger partial charge on any atom is -0.476 e. The number of hydrogen-bond donors (Lipinski definition) is 1. The van der Waals surface area contributed by atoms with Crippen molar-refractivity contribution in [3.8, 4) is 5.88 Å². The standard InChI is InChI=1S/C9H14N2O2/c1-9(2,3)6-13-8-5-4-7(12)10-11-8/h4-5H,6H2,1-3H3,(H,10,12). The molecule has 0 aliphatic heterocycles. The first-order valence-corrected chi connectivity index (χ1v) is 4.16. The minimum absolute atomic E-state index is 0.0951. The molecule has 0 spiro atoms. The number of hydrogen-bond acceptors (Lipinski definition) is 3. The Hall–Kier alpha value is -1.32. The summed E-state index contributed by atoms with van der Waals surface area (Å²) in [6.07, 6.45) is 0. The van der Waals surface area contributed by atoms with Crippen molar-refractivity contribution in [3.05, 3.63) is 22.5 Å². The predicted molar refractivity (Wildman–Crippen MR) is 49.8 cm³/mol. The molecule has 4 nitrogen and oxygen atoms in total. The van der Waals surface area contributed by atoms with E-state index in [4.69, 9.17) is 4.74 Å². The van der Waals surface area contributed by atoms with Crippen LogP contribution < -0.4 is 10.3 Å². The molecule has 0 saturated heterocycles. The zero-order valence-corrected chi connectivity index (χ0v) is 8.13. The first-order chi connectivity index (χ1) is 5.97. The van der Waals surface area contributed by atoms with Gasteiger partial charge in [-0.1, -0.05) is 20.8 Å². The quantitative estimate of drug-likeness (QED) is 0.747. The van der Waals surface area contributed by atoms with Gasteiger partial charge in [-0.2, -0.15) is 0 Å². The summed E-state index contributed by atoms with van der Waals surface area (Å²) in [5.41, 5.74) is -0.124. The summed E-state index contributed by atoms with van der Waals surface area (Å²) in [5.74, 6) is 0.453. The van der Waals surface area contributed by atoms with Gasteiger partial charge in [0.2, 0.25) is 5.88 Å². The number of nitrogens with one attached hydrogen (secondary N) is 1. The van der Waals surface area contributed by atoms with E-state index in [0.717, 1.165) is 0 Å². The maximum Gasteiger partial charge on any atom is 0.264 e. The van der Waals surface area contributed by atoms with Gasteiger partial charge in [-0.15, -0.1) is 5.10 Å². The van der Waals surface area contributed by atoms with Gasteiger partial charge in [0, 0.05) is 12.1 Å². The van der Waals surface area contributed by atoms with Crippen LogP contribution in [-0.2, 0) is 0 Å². The Kier molecular flexibility index (Phi) is 2.70. The van der Waals surface area contributed by atoms with Crippen molar-refractivity contribution in [3.63, 3.8) is 0 Å². The van der Waals surface area contributed by atoms with E-state index in [9.17, 15) is 4.79 Å². The van der Waals surface area contributed by atoms with Crippen molar-refractivity contribution in [2.45, 2.75) is 20.8 Å². The summed E-state index contributed by atoms with van der Waals surface area (Å²) >= 11 is 0. The van der Waals surface area contributed by atoms with Crippen LogP contribution >= 0.6 is 0 Å². The third-order valence-electron chi connectivity index (χ3n) is 1.31. The Labute approximate surface area is 76.9 Å². The largest absolute Gasteiger partial charge is 0.476 e. The Balaban J connectivity index is 2.56. The molecule has 0 bridgehead atoms. The third-order valence-corrected chi connectivity index (χ3v) is 1.31. The normalized spacial score (nSPS) is 11.3. The van der Waals surface area contributed by atoms with Gasteiger partial charge in [0.25, 0.3) is 5.56 Å². The maximum atomic E-state index is 10.6. The summed E-state index contributed by atoms with van der Waals surface area (Å²) < 4.78 is 5.34. The van der Waals surface area contributed by atoms with Gasteiger partial charge in [0.15, 0.2) is 0 Å². The van der Waals surface area contributed by atoms with Crippen molar-refractivity contribution >= 4 is 0 Å². The molecule has 0 aliphatic carbocycles. The second-order valence-corrected chi connectivity index (χ2v) is 4.11. The lowest BCUT2D eigenvalue weighted by Gasteiger charge is -2.17. The molecule has 13 heavy (non-hydrogen) atoms. The Morgan fingerprint density at radius 3 is 2.62 bits per heavy atom. The van der Waals surface area contributed by atoms with Crippen LogP contribution in [0.3, 0.4) is 0 Å². The smallest absolute Gasteiger partial charge is 0.264 e. The van der Waals surface area contributed by atoms with Crippen molar-refractivity contribution in [1.82, 2.24) is 10.2 Å². The molecule has 0 aliphatic rings. The highest BCUT2D eigenvalue weighted by atomic mass is 16.5. The fourth-order valence-electron chi connectivity index (χ4n) is 0.703. The molecule has 0 saturated carbocycles. The number of aromatic nitrogens is 2. The van der Waals surface area contributed by atoms with E-state index in [0.29, 0.717) is 12.5 Å². The molecular weight excluding hydrogens is 168 g/mol. The van der Waals surface area contributed by atoms with E-state index in [1.807, 2.05) is 0 Å². The van der Waals surface area contributed by atoms with Crippen molar-refractivity contribution < 1.29 is 4.74 Å². The SMILES string of the molecule is CC(C)(C)COc1ccc(=O)[nH]n1. The number of nitrogens with zero attached hydrogens (tertiary/aromatic N) is 1. The summed E-state index contributed by atoms with van der Waals surface area (Å²) in [4.78, 5) is 10.6. The number of ether oxygens (including phenoxy) is 1. The lowest BCUT2D eigenvalue weighted by molar-refractivity contribution is 0.189. The van der Waals surface area contributed by atoms with Crippen LogP contribution in [0, 0.1) is 5.41 Å². The Bertz CT molecular complexity index is 305. The molecule has 0 amide bonds. The van der Waals surface area contributed by atoms with Crippen LogP contribution in [0.25, 0.3) is 0 Å². The zero-order valence-electron chi connectivity index (χ0n) is 8.13. The number of rotatable bonds is 2. The molecule has 0 fully saturated rings. The molecule has 0 radical (unpaired) electrons. The van der Waals surface area contributed by atoms with Crippen molar-refractivity contribution in [2.75, 3.05) is 6.61 Å². The van der Waals surface area contributed by atoms with Crippen molar-refractivity contribution in [1.29, 1.82) is 0 Å². The van der Waals surface area contributed by atoms with Crippen LogP contribution in [0.15, 0.2) is 16.9 Å². The van der Waals surface area contributed by atoms with Gasteiger partial charge in [0.05, 0.1) is 6.61 Å². The van der Waals surface area contributed by atoms with Crippen LogP contribution in [-0.4, -0.2) is 16.8 Å². The van der Waals surface area contributed by atoms with E-state index in [2.05, 4.69) is 31.0 Å². The van der Waals surface area contributed by atoms with Crippen LogP contribution in [0.2, 0.25) is 0 Å². The van der Waals surface area contributed by atoms with Crippen LogP contribution in [0.5, 0.6) is 5.88 Å². The molecule has 0 aromatic carbocycles. The van der Waals surface area contributed by atoms with Gasteiger partial charge in [-0.25, -0.2) is 5.10 Å². The topological polar surface area (TPSA) is 55.0 Å². The van der Waals surface area contributed by atoms with E-state index < -0.39 is 0 Å². The molecule has 0 unspecified atom stereocenters. The lowest BCUT2D eigenvalue weighted by atomic mass is 9.99. The first kappa shape index (κ1) is 9.77. The molecule has 1 N–H and O–H groups in total. The number of H-pyrrole nitrogens is 1. The molecule has 1 aromatic rings. The van der Waals surface area contributed by atoms with E-state index in [-0.39, 0.29) is 11.0 Å². The lowest BCUT2D eigenvalue weighted by Crippen LogP contribution is -2.18. The molecule has 4 heteroatoms. The fraction of sp³-hybridized carbons (Fsp3) is 0.556. The van der Waals surface area contributed by atoms with Crippen LogP contribution in [0.1, 0.15) is 20.8 Å². The van der Waals surface area contributed by atoms with Gasteiger partial charge in [-0.3, -0.25) is 4.79 Å². The summed E-state index contributed by atoms with van der Waals surface area (Å²) in [5, 5.41) is 6.03. The van der Waals surface area contributed by atoms with Crippen molar-refractivity contribution in [2.24, 2.45) is 5.41 Å². The third kappa shape index (κ3) is 3.73. The molecular formula is C9H14N2O2. The average Bonchev–Trinajstić information content (AvgIpc) is 2.02. The average molecular weight is 182 g/mol. The minimum atomic E-state index is -0.219. The van der Waals surface area contributed by atoms with Gasteiger partial charge in [0.1, 0.15) is 0 Å². The maximum absolute atomic E-state index is 10.6. The number of aromatic amines is 1. The highest BCUT2D eigenvalue weighted by Crippen LogP contribution is 2.14. The molecule has 72 valence electrons. The predicted octanol–water partition coefficient (Wildman–Crippen LogP) is 1.19. The highest BCUT2D eigenvalue weighted by molar-refractivity contribution is 5.05. The Morgan fingerprint density at radius 1 is 1.46 bits per heavy atom. The van der Waals surface area contributed by atoms with Crippen LogP contribution in [0.4, 0.5) is 0 Å². The first-order valence-electron chi connectivity index (χ1n) is 4.16. The van der Waals surface area contributed by atoms with Gasteiger partial charge >= 0.3 is 0 Å². The van der Waals surface area contributed by atoms with E-state index in [1.165, 1.54) is 6.07 Å². The second kappa shape index (κ2) is 3.60. The molecule has 1 aromatic heterocycles. The molecule has 1 heterocycles. The zero-order chi connectivity index (χ0) is 9.90.